The average molecular weight is 237 g/mol. The van der Waals surface area contributed by atoms with Gasteiger partial charge in [-0.25, -0.2) is 4.99 Å². The van der Waals surface area contributed by atoms with Gasteiger partial charge in [0.2, 0.25) is 0 Å². The fourth-order valence-corrected chi connectivity index (χ4v) is 2.76. The molecule has 17 heavy (non-hydrogen) atoms. The molecular formula is C13H23N3O. The third-order valence-electron chi connectivity index (χ3n) is 3.45. The van der Waals surface area contributed by atoms with Gasteiger partial charge < -0.3 is 5.32 Å². The van der Waals surface area contributed by atoms with Gasteiger partial charge in [-0.05, 0) is 39.5 Å². The predicted octanol–water partition coefficient (Wildman–Crippen LogP) is 1.81. The van der Waals surface area contributed by atoms with Crippen LogP contribution in [0.2, 0.25) is 0 Å². The summed E-state index contributed by atoms with van der Waals surface area (Å²) in [6, 6.07) is 0. The van der Waals surface area contributed by atoms with E-state index < -0.39 is 5.54 Å². The lowest BCUT2D eigenvalue weighted by Gasteiger charge is -2.31. The molecule has 96 valence electrons. The first-order valence-corrected chi connectivity index (χ1v) is 6.50. The first kappa shape index (κ1) is 12.4. The molecule has 1 aliphatic carbocycles. The molecule has 0 saturated heterocycles. The van der Waals surface area contributed by atoms with Crippen LogP contribution in [-0.2, 0) is 4.79 Å². The Balaban J connectivity index is 2.15. The van der Waals surface area contributed by atoms with E-state index in [1.807, 2.05) is 0 Å². The van der Waals surface area contributed by atoms with Crippen molar-refractivity contribution in [3.63, 3.8) is 0 Å². The van der Waals surface area contributed by atoms with Crippen LogP contribution in [0.4, 0.5) is 0 Å². The van der Waals surface area contributed by atoms with E-state index in [1.165, 1.54) is 6.42 Å². The summed E-state index contributed by atoms with van der Waals surface area (Å²) in [6.45, 7) is 8.40. The number of nitrogens with one attached hydrogen (secondary N) is 2. The average Bonchev–Trinajstić information content (AvgIpc) is 2.39. The van der Waals surface area contributed by atoms with Gasteiger partial charge in [-0.2, -0.15) is 0 Å². The molecule has 2 unspecified atom stereocenters. The van der Waals surface area contributed by atoms with Crippen molar-refractivity contribution in [2.24, 2.45) is 10.9 Å². The maximum absolute atomic E-state index is 12.1. The lowest BCUT2D eigenvalue weighted by atomic mass is 9.77. The van der Waals surface area contributed by atoms with E-state index in [9.17, 15) is 4.79 Å². The highest BCUT2D eigenvalue weighted by Gasteiger charge is 2.46. The fraction of sp³-hybridized carbons (Fsp3) is 0.846. The first-order chi connectivity index (χ1) is 7.81. The smallest absolute Gasteiger partial charge is 0.254 e. The minimum absolute atomic E-state index is 0.0715. The molecule has 4 nitrogen and oxygen atoms in total. The quantitative estimate of drug-likeness (QED) is 0.675. The molecular weight excluding hydrogens is 214 g/mol. The number of carbonyl (C=O) groups excluding carboxylic acids is 1. The van der Waals surface area contributed by atoms with Crippen molar-refractivity contribution in [2.75, 3.05) is 0 Å². The number of guanidine groups is 1. The van der Waals surface area contributed by atoms with E-state index in [0.29, 0.717) is 11.9 Å². The number of hydrogen-bond acceptors (Lipinski definition) is 3. The summed E-state index contributed by atoms with van der Waals surface area (Å²) in [5.41, 5.74) is -0.552. The maximum atomic E-state index is 12.1. The van der Waals surface area contributed by atoms with Crippen molar-refractivity contribution in [1.82, 2.24) is 10.6 Å². The van der Waals surface area contributed by atoms with Gasteiger partial charge in [0.15, 0.2) is 5.96 Å². The Kier molecular flexibility index (Phi) is 2.92. The lowest BCUT2D eigenvalue weighted by Crippen LogP contribution is -2.48. The second kappa shape index (κ2) is 4.00. The number of aliphatic imine (C=N–C) groups is 1. The summed E-state index contributed by atoms with van der Waals surface area (Å²) in [4.78, 5) is 16.8. The summed E-state index contributed by atoms with van der Waals surface area (Å²) in [5.74, 6) is 1.32. The van der Waals surface area contributed by atoms with E-state index in [2.05, 4.69) is 43.3 Å². The standard InChI is InChI=1S/C13H23N3O/c1-9-6-5-7-13(8-9)10(17)14-11(16-13)15-12(2,3)4/h9H,5-8H2,1-4H3,(H2,14,15,16,17). The van der Waals surface area contributed by atoms with Crippen molar-refractivity contribution in [1.29, 1.82) is 0 Å². The van der Waals surface area contributed by atoms with Gasteiger partial charge in [0.05, 0.1) is 0 Å². The van der Waals surface area contributed by atoms with Crippen LogP contribution in [0.1, 0.15) is 53.4 Å². The second-order valence-corrected chi connectivity index (χ2v) is 6.52. The molecule has 2 atom stereocenters. The number of hydrogen-bond donors (Lipinski definition) is 2. The molecule has 2 N–H and O–H groups in total. The maximum Gasteiger partial charge on any atom is 0.254 e. The molecule has 1 fully saturated rings. The van der Waals surface area contributed by atoms with Crippen molar-refractivity contribution in [3.05, 3.63) is 0 Å². The number of nitrogens with zero attached hydrogens (tertiary/aromatic N) is 1. The molecule has 4 heteroatoms. The highest BCUT2D eigenvalue weighted by Crippen LogP contribution is 2.37. The van der Waals surface area contributed by atoms with Crippen LogP contribution in [0.5, 0.6) is 0 Å². The topological polar surface area (TPSA) is 53.5 Å². The van der Waals surface area contributed by atoms with Crippen molar-refractivity contribution >= 4 is 11.9 Å². The minimum atomic E-state index is -0.481. The van der Waals surface area contributed by atoms with Crippen LogP contribution >= 0.6 is 0 Å². The van der Waals surface area contributed by atoms with Crippen LogP contribution in [0.3, 0.4) is 0 Å². The molecule has 0 aromatic carbocycles. The lowest BCUT2D eigenvalue weighted by molar-refractivity contribution is -0.125. The molecule has 2 aliphatic rings. The zero-order chi connectivity index (χ0) is 12.7. The highest BCUT2D eigenvalue weighted by atomic mass is 16.2. The Hall–Kier alpha value is -1.06. The third kappa shape index (κ3) is 2.61. The third-order valence-corrected chi connectivity index (χ3v) is 3.45. The Morgan fingerprint density at radius 2 is 2.18 bits per heavy atom. The minimum Gasteiger partial charge on any atom is -0.351 e. The Morgan fingerprint density at radius 3 is 2.76 bits per heavy atom. The van der Waals surface area contributed by atoms with E-state index in [-0.39, 0.29) is 11.4 Å². The van der Waals surface area contributed by atoms with E-state index in [1.54, 1.807) is 0 Å². The second-order valence-electron chi connectivity index (χ2n) is 6.52. The molecule has 1 saturated carbocycles. The molecule has 0 aromatic rings. The summed E-state index contributed by atoms with van der Waals surface area (Å²) < 4.78 is 0. The molecule has 0 bridgehead atoms. The van der Waals surface area contributed by atoms with Gasteiger partial charge >= 0.3 is 0 Å². The van der Waals surface area contributed by atoms with Gasteiger partial charge in [0.25, 0.3) is 5.91 Å². The largest absolute Gasteiger partial charge is 0.351 e. The molecule has 1 aliphatic heterocycles. The van der Waals surface area contributed by atoms with E-state index in [4.69, 9.17) is 0 Å². The van der Waals surface area contributed by atoms with E-state index >= 15 is 0 Å². The van der Waals surface area contributed by atoms with Crippen molar-refractivity contribution in [3.8, 4) is 0 Å². The van der Waals surface area contributed by atoms with Gasteiger partial charge in [0.1, 0.15) is 5.54 Å². The van der Waals surface area contributed by atoms with Crippen molar-refractivity contribution < 1.29 is 4.79 Å². The fourth-order valence-electron chi connectivity index (χ4n) is 2.76. The van der Waals surface area contributed by atoms with Gasteiger partial charge in [-0.3, -0.25) is 10.1 Å². The summed E-state index contributed by atoms with van der Waals surface area (Å²) in [6.07, 6.45) is 4.08. The summed E-state index contributed by atoms with van der Waals surface area (Å²) in [5, 5.41) is 6.14. The predicted molar refractivity (Wildman–Crippen MR) is 68.8 cm³/mol. The van der Waals surface area contributed by atoms with Crippen LogP contribution < -0.4 is 10.6 Å². The highest BCUT2D eigenvalue weighted by molar-refractivity contribution is 6.07. The van der Waals surface area contributed by atoms with E-state index in [0.717, 1.165) is 19.3 Å². The monoisotopic (exact) mass is 237 g/mol. The zero-order valence-electron chi connectivity index (χ0n) is 11.3. The Labute approximate surface area is 103 Å². The zero-order valence-corrected chi connectivity index (χ0v) is 11.3. The SMILES string of the molecule is CC1CCCC2(C1)N=C(NC(C)(C)C)NC2=O. The molecule has 0 aromatic heterocycles. The van der Waals surface area contributed by atoms with Gasteiger partial charge in [0, 0.05) is 5.54 Å². The van der Waals surface area contributed by atoms with Crippen LogP contribution in [0.25, 0.3) is 0 Å². The van der Waals surface area contributed by atoms with Crippen molar-refractivity contribution in [2.45, 2.75) is 64.5 Å². The van der Waals surface area contributed by atoms with Gasteiger partial charge in [-0.15, -0.1) is 0 Å². The first-order valence-electron chi connectivity index (χ1n) is 6.50. The number of carbonyl (C=O) groups is 1. The normalized spacial score (nSPS) is 33.5. The molecule has 1 amide bonds. The summed E-state index contributed by atoms with van der Waals surface area (Å²) in [7, 11) is 0. The Bertz CT molecular complexity index is 356. The van der Waals surface area contributed by atoms with Crippen LogP contribution in [0, 0.1) is 5.92 Å². The Morgan fingerprint density at radius 1 is 1.47 bits per heavy atom. The van der Waals surface area contributed by atoms with Gasteiger partial charge in [-0.1, -0.05) is 19.8 Å². The number of rotatable bonds is 0. The molecule has 1 spiro atoms. The summed E-state index contributed by atoms with van der Waals surface area (Å²) >= 11 is 0. The molecule has 0 radical (unpaired) electrons. The van der Waals surface area contributed by atoms with Crippen LogP contribution in [0.15, 0.2) is 4.99 Å². The molecule has 1 heterocycles. The molecule has 2 rings (SSSR count). The number of amides is 1. The van der Waals surface area contributed by atoms with Crippen LogP contribution in [-0.4, -0.2) is 22.9 Å².